The molecule has 3 nitrogen and oxygen atoms in total. The van der Waals surface area contributed by atoms with E-state index in [2.05, 4.69) is 56.4 Å². The van der Waals surface area contributed by atoms with Crippen LogP contribution >= 0.6 is 0 Å². The molecular formula is C25H33NO2. The van der Waals surface area contributed by atoms with E-state index in [1.54, 1.807) is 0 Å². The number of ether oxygens (including phenoxy) is 1. The highest BCUT2D eigenvalue weighted by molar-refractivity contribution is 5.81. The Labute approximate surface area is 169 Å². The molecule has 0 fully saturated rings. The lowest BCUT2D eigenvalue weighted by molar-refractivity contribution is -0.128. The Morgan fingerprint density at radius 3 is 2.39 bits per heavy atom. The van der Waals surface area contributed by atoms with Crippen LogP contribution in [0.15, 0.2) is 42.5 Å². The second-order valence-electron chi connectivity index (χ2n) is 8.90. The van der Waals surface area contributed by atoms with E-state index in [9.17, 15) is 4.79 Å². The van der Waals surface area contributed by atoms with E-state index >= 15 is 0 Å². The van der Waals surface area contributed by atoms with Crippen molar-refractivity contribution in [2.45, 2.75) is 77.9 Å². The lowest BCUT2D eigenvalue weighted by Gasteiger charge is -2.22. The van der Waals surface area contributed by atoms with Gasteiger partial charge in [-0.1, -0.05) is 58.0 Å². The van der Waals surface area contributed by atoms with Crippen LogP contribution in [0.1, 0.15) is 75.8 Å². The fourth-order valence-electron chi connectivity index (χ4n) is 3.77. The Morgan fingerprint density at radius 2 is 1.75 bits per heavy atom. The van der Waals surface area contributed by atoms with Crippen molar-refractivity contribution >= 4 is 5.91 Å². The molecule has 0 heterocycles. The molecule has 0 saturated heterocycles. The van der Waals surface area contributed by atoms with Crippen LogP contribution in [-0.4, -0.2) is 12.0 Å². The summed E-state index contributed by atoms with van der Waals surface area (Å²) in [5.74, 6) is 0.676. The summed E-state index contributed by atoms with van der Waals surface area (Å²) < 4.78 is 5.99. The lowest BCUT2D eigenvalue weighted by atomic mass is 9.87. The monoisotopic (exact) mass is 379 g/mol. The number of carbonyl (C=O) groups is 1. The molecule has 0 aromatic heterocycles. The molecule has 2 aromatic rings. The minimum absolute atomic E-state index is 0.0284. The molecule has 0 aliphatic heterocycles. The van der Waals surface area contributed by atoms with Crippen LogP contribution < -0.4 is 10.1 Å². The number of rotatable bonds is 6. The first-order chi connectivity index (χ1) is 13.3. The maximum atomic E-state index is 12.8. The Balaban J connectivity index is 1.63. The Morgan fingerprint density at radius 1 is 1.07 bits per heavy atom. The van der Waals surface area contributed by atoms with E-state index in [0.29, 0.717) is 6.42 Å². The Kier molecular flexibility index (Phi) is 6.12. The van der Waals surface area contributed by atoms with Gasteiger partial charge in [0.25, 0.3) is 5.91 Å². The largest absolute Gasteiger partial charge is 0.481 e. The van der Waals surface area contributed by atoms with E-state index in [1.165, 1.54) is 35.1 Å². The molecule has 2 aromatic carbocycles. The zero-order chi connectivity index (χ0) is 20.3. The van der Waals surface area contributed by atoms with Gasteiger partial charge in [0, 0.05) is 0 Å². The zero-order valence-electron chi connectivity index (χ0n) is 17.8. The fourth-order valence-corrected chi connectivity index (χ4v) is 3.77. The van der Waals surface area contributed by atoms with E-state index in [4.69, 9.17) is 4.74 Å². The van der Waals surface area contributed by atoms with Crippen molar-refractivity contribution in [3.05, 3.63) is 64.7 Å². The standard InChI is InChI=1S/C25H33NO2/c1-6-23(28-22-14-12-21(13-15-22)25(3,4)5)24(27)26-17(2)19-11-10-18-8-7-9-20(18)16-19/h10-17,23H,6-9H2,1-5H3,(H,26,27)/t17-,23-/m0/s1. The molecule has 2 atom stereocenters. The highest BCUT2D eigenvalue weighted by Gasteiger charge is 2.22. The minimum atomic E-state index is -0.489. The molecule has 1 amide bonds. The molecule has 0 bridgehead atoms. The first-order valence-electron chi connectivity index (χ1n) is 10.5. The topological polar surface area (TPSA) is 38.3 Å². The number of hydrogen-bond donors (Lipinski definition) is 1. The van der Waals surface area contributed by atoms with Gasteiger partial charge in [-0.2, -0.15) is 0 Å². The molecule has 150 valence electrons. The van der Waals surface area contributed by atoms with Crippen molar-refractivity contribution in [1.29, 1.82) is 0 Å². The summed E-state index contributed by atoms with van der Waals surface area (Å²) in [6.07, 6.45) is 3.70. The van der Waals surface area contributed by atoms with Gasteiger partial charge in [0.05, 0.1) is 6.04 Å². The summed E-state index contributed by atoms with van der Waals surface area (Å²) in [4.78, 5) is 12.8. The van der Waals surface area contributed by atoms with Gasteiger partial charge in [0.15, 0.2) is 6.10 Å². The van der Waals surface area contributed by atoms with Gasteiger partial charge < -0.3 is 10.1 Å². The van der Waals surface area contributed by atoms with Crippen LogP contribution in [0.25, 0.3) is 0 Å². The molecule has 0 radical (unpaired) electrons. The summed E-state index contributed by atoms with van der Waals surface area (Å²) in [5.41, 5.74) is 5.41. The van der Waals surface area contributed by atoms with Gasteiger partial charge in [0.1, 0.15) is 5.75 Å². The molecule has 1 aliphatic rings. The summed E-state index contributed by atoms with van der Waals surface area (Å²) in [6, 6.07) is 14.6. The number of aryl methyl sites for hydroxylation is 2. The van der Waals surface area contributed by atoms with E-state index < -0.39 is 6.10 Å². The maximum absolute atomic E-state index is 12.8. The van der Waals surface area contributed by atoms with E-state index in [1.807, 2.05) is 26.0 Å². The Bertz CT molecular complexity index is 817. The van der Waals surface area contributed by atoms with Crippen LogP contribution in [0.4, 0.5) is 0 Å². The summed E-state index contributed by atoms with van der Waals surface area (Å²) >= 11 is 0. The van der Waals surface area contributed by atoms with Gasteiger partial charge in [-0.15, -0.1) is 0 Å². The van der Waals surface area contributed by atoms with Gasteiger partial charge in [-0.25, -0.2) is 0 Å². The van der Waals surface area contributed by atoms with Gasteiger partial charge in [0.2, 0.25) is 0 Å². The maximum Gasteiger partial charge on any atom is 0.261 e. The average Bonchev–Trinajstić information content (AvgIpc) is 3.13. The molecular weight excluding hydrogens is 346 g/mol. The van der Waals surface area contributed by atoms with Crippen molar-refractivity contribution in [2.75, 3.05) is 0 Å². The quantitative estimate of drug-likeness (QED) is 0.719. The van der Waals surface area contributed by atoms with E-state index in [0.717, 1.165) is 12.2 Å². The number of nitrogens with one attached hydrogen (secondary N) is 1. The third kappa shape index (κ3) is 4.76. The highest BCUT2D eigenvalue weighted by Crippen LogP contribution is 2.26. The minimum Gasteiger partial charge on any atom is -0.481 e. The molecule has 0 unspecified atom stereocenters. The van der Waals surface area contributed by atoms with Gasteiger partial charge in [-0.05, 0) is 72.4 Å². The van der Waals surface area contributed by atoms with Gasteiger partial charge >= 0.3 is 0 Å². The molecule has 3 heteroatoms. The van der Waals surface area contributed by atoms with Crippen molar-refractivity contribution in [1.82, 2.24) is 5.32 Å². The van der Waals surface area contributed by atoms with Gasteiger partial charge in [-0.3, -0.25) is 4.79 Å². The summed E-state index contributed by atoms with van der Waals surface area (Å²) in [7, 11) is 0. The summed E-state index contributed by atoms with van der Waals surface area (Å²) in [5, 5.41) is 3.13. The number of amides is 1. The molecule has 0 spiro atoms. The normalized spacial score (nSPS) is 15.6. The summed E-state index contributed by atoms with van der Waals surface area (Å²) in [6.45, 7) is 10.6. The van der Waals surface area contributed by atoms with Crippen molar-refractivity contribution in [3.8, 4) is 5.75 Å². The van der Waals surface area contributed by atoms with Crippen LogP contribution in [0.5, 0.6) is 5.75 Å². The lowest BCUT2D eigenvalue weighted by Crippen LogP contribution is -2.39. The number of carbonyl (C=O) groups excluding carboxylic acids is 1. The number of benzene rings is 2. The molecule has 1 N–H and O–H groups in total. The second kappa shape index (κ2) is 8.38. The molecule has 3 rings (SSSR count). The van der Waals surface area contributed by atoms with Crippen LogP contribution in [0, 0.1) is 0 Å². The number of hydrogen-bond acceptors (Lipinski definition) is 2. The second-order valence-corrected chi connectivity index (χ2v) is 8.90. The third-order valence-corrected chi connectivity index (χ3v) is 5.64. The predicted molar refractivity (Wildman–Crippen MR) is 115 cm³/mol. The SMILES string of the molecule is CC[C@H](Oc1ccc(C(C)(C)C)cc1)C(=O)N[C@@H](C)c1ccc2c(c1)CCC2. The smallest absolute Gasteiger partial charge is 0.261 e. The van der Waals surface area contributed by atoms with E-state index in [-0.39, 0.29) is 17.4 Å². The zero-order valence-corrected chi connectivity index (χ0v) is 17.8. The Hall–Kier alpha value is -2.29. The number of fused-ring (bicyclic) bond motifs is 1. The van der Waals surface area contributed by atoms with Crippen molar-refractivity contribution in [2.24, 2.45) is 0 Å². The third-order valence-electron chi connectivity index (χ3n) is 5.64. The highest BCUT2D eigenvalue weighted by atomic mass is 16.5. The fraction of sp³-hybridized carbons (Fsp3) is 0.480. The molecule has 0 saturated carbocycles. The van der Waals surface area contributed by atoms with Crippen molar-refractivity contribution < 1.29 is 9.53 Å². The molecule has 1 aliphatic carbocycles. The van der Waals surface area contributed by atoms with Crippen molar-refractivity contribution in [3.63, 3.8) is 0 Å². The first kappa shape index (κ1) is 20.4. The van der Waals surface area contributed by atoms with Crippen LogP contribution in [0.3, 0.4) is 0 Å². The van der Waals surface area contributed by atoms with Crippen LogP contribution in [0.2, 0.25) is 0 Å². The molecule has 28 heavy (non-hydrogen) atoms. The average molecular weight is 380 g/mol. The van der Waals surface area contributed by atoms with Crippen LogP contribution in [-0.2, 0) is 23.1 Å². The predicted octanol–water partition coefficient (Wildman–Crippen LogP) is 5.51. The first-order valence-corrected chi connectivity index (χ1v) is 10.5.